The molecular formula is C25H34N8O4. The van der Waals surface area contributed by atoms with Gasteiger partial charge in [-0.25, -0.2) is 4.98 Å². The van der Waals surface area contributed by atoms with E-state index in [1.165, 1.54) is 5.01 Å². The molecule has 3 aromatic heterocycles. The Bertz CT molecular complexity index is 1280. The molecule has 1 saturated carbocycles. The van der Waals surface area contributed by atoms with Crippen LogP contribution in [0.25, 0.3) is 22.2 Å². The number of nitrogens with one attached hydrogen (secondary N) is 1. The van der Waals surface area contributed by atoms with Gasteiger partial charge < -0.3 is 25.4 Å². The number of fused-ring (bicyclic) bond motifs is 1. The van der Waals surface area contributed by atoms with E-state index in [1.807, 2.05) is 25.4 Å². The monoisotopic (exact) mass is 510 g/mol. The highest BCUT2D eigenvalue weighted by Gasteiger charge is 2.28. The average Bonchev–Trinajstić information content (AvgIpc) is 3.51. The summed E-state index contributed by atoms with van der Waals surface area (Å²) < 4.78 is 9.82. The molecule has 12 nitrogen and oxygen atoms in total. The van der Waals surface area contributed by atoms with Crippen LogP contribution in [0, 0.1) is 0 Å². The van der Waals surface area contributed by atoms with E-state index in [-0.39, 0.29) is 25.3 Å². The first-order chi connectivity index (χ1) is 17.9. The van der Waals surface area contributed by atoms with Gasteiger partial charge in [0.15, 0.2) is 6.23 Å². The largest absolute Gasteiger partial charge is 0.473 e. The van der Waals surface area contributed by atoms with Gasteiger partial charge in [0.2, 0.25) is 5.90 Å². The van der Waals surface area contributed by atoms with E-state index in [2.05, 4.69) is 25.2 Å². The SMILES string of the molecule is CCNc1cc2c(cn1)c(-c1cnn(C[C@@H](O)CO)c1)nn2C1CCC(OC2=NN(C)C(O)C=C2)CC1. The Labute approximate surface area is 214 Å². The summed E-state index contributed by atoms with van der Waals surface area (Å²) in [6.45, 7) is 2.69. The Balaban J connectivity index is 1.37. The highest BCUT2D eigenvalue weighted by Crippen LogP contribution is 2.36. The summed E-state index contributed by atoms with van der Waals surface area (Å²) in [5.41, 5.74) is 2.62. The highest BCUT2D eigenvalue weighted by molar-refractivity contribution is 5.93. The van der Waals surface area contributed by atoms with Crippen molar-refractivity contribution < 1.29 is 20.1 Å². The van der Waals surface area contributed by atoms with Crippen LogP contribution in [0.4, 0.5) is 5.82 Å². The Morgan fingerprint density at radius 3 is 2.76 bits per heavy atom. The fourth-order valence-electron chi connectivity index (χ4n) is 4.84. The quantitative estimate of drug-likeness (QED) is 0.356. The normalized spacial score (nSPS) is 22.8. The molecule has 5 rings (SSSR count). The van der Waals surface area contributed by atoms with E-state index in [0.29, 0.717) is 5.90 Å². The second-order valence-corrected chi connectivity index (χ2v) is 9.53. The van der Waals surface area contributed by atoms with Crippen molar-refractivity contribution >= 4 is 22.6 Å². The van der Waals surface area contributed by atoms with Gasteiger partial charge in [-0.1, -0.05) is 0 Å². The van der Waals surface area contributed by atoms with Crippen molar-refractivity contribution in [1.29, 1.82) is 0 Å². The number of hydrazone groups is 1. The zero-order chi connectivity index (χ0) is 25.9. The molecule has 1 fully saturated rings. The van der Waals surface area contributed by atoms with Crippen LogP contribution in [0.3, 0.4) is 0 Å². The Morgan fingerprint density at radius 2 is 2.03 bits per heavy atom. The maximum absolute atomic E-state index is 9.79. The van der Waals surface area contributed by atoms with E-state index in [1.54, 1.807) is 30.1 Å². The van der Waals surface area contributed by atoms with Gasteiger partial charge in [-0.3, -0.25) is 14.4 Å². The lowest BCUT2D eigenvalue weighted by Crippen LogP contribution is -2.32. The summed E-state index contributed by atoms with van der Waals surface area (Å²) in [5.74, 6) is 1.32. The smallest absolute Gasteiger partial charge is 0.230 e. The summed E-state index contributed by atoms with van der Waals surface area (Å²) >= 11 is 0. The molecule has 0 amide bonds. The number of hydrogen-bond acceptors (Lipinski definition) is 10. The maximum atomic E-state index is 9.79. The zero-order valence-electron chi connectivity index (χ0n) is 21.1. The molecule has 3 aromatic rings. The Kier molecular flexibility index (Phi) is 7.40. The van der Waals surface area contributed by atoms with E-state index >= 15 is 0 Å². The van der Waals surface area contributed by atoms with Gasteiger partial charge in [-0.05, 0) is 38.7 Å². The minimum Gasteiger partial charge on any atom is -0.473 e. The first-order valence-corrected chi connectivity index (χ1v) is 12.7. The molecule has 1 aliphatic heterocycles. The lowest BCUT2D eigenvalue weighted by molar-refractivity contribution is 0.0532. The van der Waals surface area contributed by atoms with Gasteiger partial charge in [-0.15, -0.1) is 5.10 Å². The molecule has 4 heterocycles. The topological polar surface area (TPSA) is 146 Å². The van der Waals surface area contributed by atoms with Crippen LogP contribution in [-0.2, 0) is 11.3 Å². The molecular weight excluding hydrogens is 476 g/mol. The van der Waals surface area contributed by atoms with Crippen molar-refractivity contribution in [3.63, 3.8) is 0 Å². The van der Waals surface area contributed by atoms with Gasteiger partial charge in [0.25, 0.3) is 0 Å². The zero-order valence-corrected chi connectivity index (χ0v) is 21.1. The van der Waals surface area contributed by atoms with Crippen molar-refractivity contribution in [3.05, 3.63) is 36.8 Å². The fraction of sp³-hybridized carbons (Fsp3) is 0.520. The van der Waals surface area contributed by atoms with Crippen LogP contribution in [0.15, 0.2) is 41.9 Å². The molecule has 37 heavy (non-hydrogen) atoms. The molecule has 1 unspecified atom stereocenters. The fourth-order valence-corrected chi connectivity index (χ4v) is 4.84. The highest BCUT2D eigenvalue weighted by atomic mass is 16.5. The number of aliphatic hydroxyl groups excluding tert-OH is 3. The average molecular weight is 511 g/mol. The van der Waals surface area contributed by atoms with Gasteiger partial charge in [0.05, 0.1) is 37.0 Å². The van der Waals surface area contributed by atoms with Crippen LogP contribution < -0.4 is 5.32 Å². The predicted molar refractivity (Wildman–Crippen MR) is 139 cm³/mol. The number of pyridine rings is 1. The molecule has 0 saturated heterocycles. The first-order valence-electron chi connectivity index (χ1n) is 12.7. The third-order valence-corrected chi connectivity index (χ3v) is 6.79. The van der Waals surface area contributed by atoms with Crippen molar-refractivity contribution in [2.75, 3.05) is 25.5 Å². The van der Waals surface area contributed by atoms with Crippen molar-refractivity contribution in [2.24, 2.45) is 5.10 Å². The van der Waals surface area contributed by atoms with E-state index in [4.69, 9.17) is 14.9 Å². The molecule has 4 N–H and O–H groups in total. The second-order valence-electron chi connectivity index (χ2n) is 9.53. The number of aliphatic hydroxyl groups is 3. The Hall–Kier alpha value is -3.48. The number of hydrogen-bond donors (Lipinski definition) is 4. The lowest BCUT2D eigenvalue weighted by Gasteiger charge is -2.30. The molecule has 12 heteroatoms. The van der Waals surface area contributed by atoms with Crippen molar-refractivity contribution in [3.8, 4) is 11.3 Å². The summed E-state index contributed by atoms with van der Waals surface area (Å²) in [7, 11) is 1.71. The van der Waals surface area contributed by atoms with Gasteiger partial charge in [-0.2, -0.15) is 10.2 Å². The number of nitrogens with zero attached hydrogens (tertiary/aromatic N) is 7. The summed E-state index contributed by atoms with van der Waals surface area (Å²) in [6, 6.07) is 2.24. The van der Waals surface area contributed by atoms with Crippen molar-refractivity contribution in [1.82, 2.24) is 29.6 Å². The van der Waals surface area contributed by atoms with Gasteiger partial charge in [0, 0.05) is 49.1 Å². The molecule has 198 valence electrons. The first kappa shape index (κ1) is 25.2. The molecule has 0 aromatic carbocycles. The predicted octanol–water partition coefficient (Wildman–Crippen LogP) is 1.71. The van der Waals surface area contributed by atoms with Gasteiger partial charge in [0.1, 0.15) is 17.6 Å². The maximum Gasteiger partial charge on any atom is 0.230 e. The van der Waals surface area contributed by atoms with E-state index in [9.17, 15) is 10.2 Å². The number of ether oxygens (including phenoxy) is 1. The molecule has 0 radical (unpaired) electrons. The summed E-state index contributed by atoms with van der Waals surface area (Å²) in [5, 5.41) is 48.1. The molecule has 1 aliphatic carbocycles. The van der Waals surface area contributed by atoms with Crippen molar-refractivity contribution in [2.45, 2.75) is 63.6 Å². The number of rotatable bonds is 8. The van der Waals surface area contributed by atoms with Crippen LogP contribution >= 0.6 is 0 Å². The third-order valence-electron chi connectivity index (χ3n) is 6.79. The molecule has 2 atom stereocenters. The van der Waals surface area contributed by atoms with E-state index in [0.717, 1.165) is 60.2 Å². The third kappa shape index (κ3) is 5.45. The lowest BCUT2D eigenvalue weighted by atomic mass is 9.93. The number of anilines is 1. The summed E-state index contributed by atoms with van der Waals surface area (Å²) in [6.07, 6.45) is 10.8. The summed E-state index contributed by atoms with van der Waals surface area (Å²) in [4.78, 5) is 4.57. The Morgan fingerprint density at radius 1 is 1.22 bits per heavy atom. The minimum absolute atomic E-state index is 0.0553. The molecule has 0 spiro atoms. The van der Waals surface area contributed by atoms with Crippen LogP contribution in [0.2, 0.25) is 0 Å². The molecule has 0 bridgehead atoms. The number of aromatic nitrogens is 5. The van der Waals surface area contributed by atoms with Crippen LogP contribution in [-0.4, -0.2) is 89.4 Å². The molecule has 2 aliphatic rings. The number of likely N-dealkylation sites (N-methyl/N-ethyl adjacent to an activating group) is 1. The van der Waals surface area contributed by atoms with Crippen LogP contribution in [0.5, 0.6) is 0 Å². The minimum atomic E-state index is -0.871. The second kappa shape index (κ2) is 10.9. The van der Waals surface area contributed by atoms with E-state index < -0.39 is 12.3 Å². The standard InChI is InChI=1S/C25H34N8O4/c1-3-26-22-10-21-20(12-27-22)25(16-11-28-32(13-16)14-18(35)15-34)30-33(21)17-4-6-19(7-5-17)37-23-8-9-24(36)31(2)29-23/h8-13,17-19,24,34-36H,3-7,14-15H2,1-2H3,(H,26,27)/t17?,18-,19?,24?/m1/s1. The van der Waals surface area contributed by atoms with Gasteiger partial charge >= 0.3 is 0 Å². The van der Waals surface area contributed by atoms with Crippen LogP contribution in [0.1, 0.15) is 38.6 Å².